The number of hydrogen-bond donors (Lipinski definition) is 1. The van der Waals surface area contributed by atoms with Crippen molar-refractivity contribution in [1.82, 2.24) is 0 Å². The van der Waals surface area contributed by atoms with Crippen molar-refractivity contribution < 1.29 is 9.47 Å². The summed E-state index contributed by atoms with van der Waals surface area (Å²) in [5.74, 6) is 0.896. The van der Waals surface area contributed by atoms with E-state index in [9.17, 15) is 0 Å². The SMILES string of the molecule is COCCCC(N)c1cc(OC)cs1. The van der Waals surface area contributed by atoms with Gasteiger partial charge in [-0.25, -0.2) is 0 Å². The summed E-state index contributed by atoms with van der Waals surface area (Å²) in [5, 5.41) is 1.98. The number of rotatable bonds is 6. The molecule has 0 spiro atoms. The van der Waals surface area contributed by atoms with Crippen LogP contribution in [0.25, 0.3) is 0 Å². The van der Waals surface area contributed by atoms with Crippen molar-refractivity contribution in [3.05, 3.63) is 16.3 Å². The standard InChI is InChI=1S/C10H17NO2S/c1-12-5-3-4-9(11)10-6-8(13-2)7-14-10/h6-7,9H,3-5,11H2,1-2H3. The lowest BCUT2D eigenvalue weighted by Gasteiger charge is -2.08. The van der Waals surface area contributed by atoms with E-state index in [0.29, 0.717) is 0 Å². The third-order valence-corrected chi connectivity index (χ3v) is 3.10. The fourth-order valence-corrected chi connectivity index (χ4v) is 2.12. The monoisotopic (exact) mass is 215 g/mol. The maximum Gasteiger partial charge on any atom is 0.129 e. The van der Waals surface area contributed by atoms with Crippen LogP contribution in [0.4, 0.5) is 0 Å². The number of thiophene rings is 1. The Labute approximate surface area is 88.8 Å². The van der Waals surface area contributed by atoms with E-state index in [0.717, 1.165) is 25.2 Å². The van der Waals surface area contributed by atoms with Gasteiger partial charge in [-0.2, -0.15) is 0 Å². The van der Waals surface area contributed by atoms with Crippen molar-refractivity contribution >= 4 is 11.3 Å². The first-order valence-corrected chi connectivity index (χ1v) is 5.53. The maximum atomic E-state index is 6.00. The Hall–Kier alpha value is -0.580. The molecule has 0 aliphatic carbocycles. The van der Waals surface area contributed by atoms with Gasteiger partial charge in [0.15, 0.2) is 0 Å². The Morgan fingerprint density at radius 3 is 2.86 bits per heavy atom. The van der Waals surface area contributed by atoms with Crippen LogP contribution >= 0.6 is 11.3 Å². The molecule has 4 heteroatoms. The highest BCUT2D eigenvalue weighted by Crippen LogP contribution is 2.27. The molecular weight excluding hydrogens is 198 g/mol. The maximum absolute atomic E-state index is 6.00. The molecule has 0 saturated carbocycles. The molecule has 0 aliphatic rings. The van der Waals surface area contributed by atoms with Crippen LogP contribution in [0.2, 0.25) is 0 Å². The van der Waals surface area contributed by atoms with Gasteiger partial charge in [0.05, 0.1) is 7.11 Å². The minimum atomic E-state index is 0.110. The van der Waals surface area contributed by atoms with E-state index >= 15 is 0 Å². The largest absolute Gasteiger partial charge is 0.496 e. The van der Waals surface area contributed by atoms with Crippen LogP contribution in [0.15, 0.2) is 11.4 Å². The molecule has 0 amide bonds. The van der Waals surface area contributed by atoms with Crippen molar-refractivity contribution in [3.8, 4) is 5.75 Å². The molecule has 2 N–H and O–H groups in total. The van der Waals surface area contributed by atoms with Crippen molar-refractivity contribution in [2.24, 2.45) is 5.73 Å². The molecule has 0 aromatic carbocycles. The molecule has 0 bridgehead atoms. The average Bonchev–Trinajstić information content (AvgIpc) is 2.66. The molecule has 14 heavy (non-hydrogen) atoms. The molecule has 0 fully saturated rings. The quantitative estimate of drug-likeness (QED) is 0.740. The Balaban J connectivity index is 2.39. The van der Waals surface area contributed by atoms with Crippen LogP contribution in [0, 0.1) is 0 Å². The van der Waals surface area contributed by atoms with Crippen LogP contribution in [-0.2, 0) is 4.74 Å². The summed E-state index contributed by atoms with van der Waals surface area (Å²) in [6, 6.07) is 2.11. The molecule has 1 aromatic rings. The highest BCUT2D eigenvalue weighted by atomic mass is 32.1. The van der Waals surface area contributed by atoms with Gasteiger partial charge >= 0.3 is 0 Å². The average molecular weight is 215 g/mol. The summed E-state index contributed by atoms with van der Waals surface area (Å²) >= 11 is 1.65. The third kappa shape index (κ3) is 3.29. The van der Waals surface area contributed by atoms with Gasteiger partial charge in [0.1, 0.15) is 5.75 Å². The van der Waals surface area contributed by atoms with Gasteiger partial charge in [0, 0.05) is 30.0 Å². The summed E-state index contributed by atoms with van der Waals surface area (Å²) in [6.45, 7) is 0.774. The second-order valence-corrected chi connectivity index (χ2v) is 4.07. The molecule has 1 atom stereocenters. The zero-order valence-corrected chi connectivity index (χ0v) is 9.47. The zero-order chi connectivity index (χ0) is 10.4. The van der Waals surface area contributed by atoms with Crippen LogP contribution in [-0.4, -0.2) is 20.8 Å². The lowest BCUT2D eigenvalue weighted by Crippen LogP contribution is -2.09. The summed E-state index contributed by atoms with van der Waals surface area (Å²) in [6.07, 6.45) is 1.95. The summed E-state index contributed by atoms with van der Waals surface area (Å²) in [4.78, 5) is 1.18. The molecule has 1 aromatic heterocycles. The predicted molar refractivity (Wildman–Crippen MR) is 58.9 cm³/mol. The van der Waals surface area contributed by atoms with Gasteiger partial charge in [-0.05, 0) is 18.9 Å². The predicted octanol–water partition coefficient (Wildman–Crippen LogP) is 2.18. The van der Waals surface area contributed by atoms with Crippen LogP contribution < -0.4 is 10.5 Å². The molecular formula is C10H17NO2S. The number of methoxy groups -OCH3 is 2. The first kappa shape index (κ1) is 11.5. The first-order chi connectivity index (χ1) is 6.77. The van der Waals surface area contributed by atoms with Crippen molar-refractivity contribution in [3.63, 3.8) is 0 Å². The van der Waals surface area contributed by atoms with E-state index in [-0.39, 0.29) is 6.04 Å². The second-order valence-electron chi connectivity index (χ2n) is 3.13. The van der Waals surface area contributed by atoms with Gasteiger partial charge in [-0.3, -0.25) is 0 Å². The second kappa shape index (κ2) is 6.01. The van der Waals surface area contributed by atoms with Crippen LogP contribution in [0.5, 0.6) is 5.75 Å². The Morgan fingerprint density at radius 2 is 2.29 bits per heavy atom. The smallest absolute Gasteiger partial charge is 0.129 e. The third-order valence-electron chi connectivity index (χ3n) is 2.06. The van der Waals surface area contributed by atoms with E-state index < -0.39 is 0 Å². The van der Waals surface area contributed by atoms with Crippen LogP contribution in [0.3, 0.4) is 0 Å². The van der Waals surface area contributed by atoms with E-state index in [1.165, 1.54) is 4.88 Å². The van der Waals surface area contributed by atoms with E-state index in [1.54, 1.807) is 25.6 Å². The Morgan fingerprint density at radius 1 is 1.50 bits per heavy atom. The Bertz CT molecular complexity index is 262. The highest BCUT2D eigenvalue weighted by Gasteiger charge is 2.08. The van der Waals surface area contributed by atoms with E-state index in [4.69, 9.17) is 15.2 Å². The number of nitrogens with two attached hydrogens (primary N) is 1. The van der Waals surface area contributed by atoms with Gasteiger partial charge in [0.2, 0.25) is 0 Å². The van der Waals surface area contributed by atoms with Gasteiger partial charge in [0.25, 0.3) is 0 Å². The molecule has 1 rings (SSSR count). The lowest BCUT2D eigenvalue weighted by molar-refractivity contribution is 0.190. The van der Waals surface area contributed by atoms with Crippen LogP contribution in [0.1, 0.15) is 23.8 Å². The topological polar surface area (TPSA) is 44.5 Å². The van der Waals surface area contributed by atoms with E-state index in [2.05, 4.69) is 0 Å². The minimum absolute atomic E-state index is 0.110. The zero-order valence-electron chi connectivity index (χ0n) is 8.66. The highest BCUT2D eigenvalue weighted by molar-refractivity contribution is 7.10. The fourth-order valence-electron chi connectivity index (χ4n) is 1.23. The van der Waals surface area contributed by atoms with Crippen molar-refractivity contribution in [2.75, 3.05) is 20.8 Å². The molecule has 0 saturated heterocycles. The molecule has 0 aliphatic heterocycles. The summed E-state index contributed by atoms with van der Waals surface area (Å²) < 4.78 is 10.1. The minimum Gasteiger partial charge on any atom is -0.496 e. The fraction of sp³-hybridized carbons (Fsp3) is 0.600. The lowest BCUT2D eigenvalue weighted by atomic mass is 10.1. The van der Waals surface area contributed by atoms with Crippen molar-refractivity contribution in [1.29, 1.82) is 0 Å². The number of hydrogen-bond acceptors (Lipinski definition) is 4. The Kier molecular flexibility index (Phi) is 4.93. The van der Waals surface area contributed by atoms with Gasteiger partial charge in [-0.1, -0.05) is 0 Å². The molecule has 3 nitrogen and oxygen atoms in total. The van der Waals surface area contributed by atoms with Crippen molar-refractivity contribution in [2.45, 2.75) is 18.9 Å². The molecule has 0 radical (unpaired) electrons. The van der Waals surface area contributed by atoms with E-state index in [1.807, 2.05) is 11.4 Å². The molecule has 1 unspecified atom stereocenters. The molecule has 80 valence electrons. The summed E-state index contributed by atoms with van der Waals surface area (Å²) in [7, 11) is 3.38. The van der Waals surface area contributed by atoms with Gasteiger partial charge in [-0.15, -0.1) is 11.3 Å². The normalized spacial score (nSPS) is 12.8. The summed E-state index contributed by atoms with van der Waals surface area (Å²) in [5.41, 5.74) is 6.00. The molecule has 1 heterocycles. The first-order valence-electron chi connectivity index (χ1n) is 4.65. The van der Waals surface area contributed by atoms with Gasteiger partial charge < -0.3 is 15.2 Å². The number of ether oxygens (including phenoxy) is 2.